The Hall–Kier alpha value is -1.61. The third-order valence-corrected chi connectivity index (χ3v) is 5.31. The molecule has 0 aliphatic rings. The standard InChI is InChI=1S/C16H18O2S/c1-11-5-7-15(13(3)9-11)19(17,18)16-8-6-12(2)10-14(16)4/h5-10H,1-4H3. The Balaban J connectivity index is 2.65. The maximum absolute atomic E-state index is 12.7. The van der Waals surface area contributed by atoms with Crippen LogP contribution in [0.4, 0.5) is 0 Å². The van der Waals surface area contributed by atoms with Gasteiger partial charge in [-0.05, 0) is 51.0 Å². The van der Waals surface area contributed by atoms with E-state index in [1.165, 1.54) is 0 Å². The quantitative estimate of drug-likeness (QED) is 0.835. The van der Waals surface area contributed by atoms with E-state index in [9.17, 15) is 8.42 Å². The van der Waals surface area contributed by atoms with Gasteiger partial charge in [-0.3, -0.25) is 0 Å². The predicted molar refractivity (Wildman–Crippen MR) is 77.3 cm³/mol. The number of benzene rings is 2. The number of aryl methyl sites for hydroxylation is 4. The van der Waals surface area contributed by atoms with Crippen molar-refractivity contribution in [2.75, 3.05) is 0 Å². The van der Waals surface area contributed by atoms with Gasteiger partial charge in [0.2, 0.25) is 9.84 Å². The summed E-state index contributed by atoms with van der Waals surface area (Å²) in [5.74, 6) is 0. The lowest BCUT2D eigenvalue weighted by molar-refractivity contribution is 0.595. The molecule has 0 amide bonds. The number of sulfone groups is 1. The summed E-state index contributed by atoms with van der Waals surface area (Å²) < 4.78 is 25.4. The first-order valence-electron chi connectivity index (χ1n) is 6.22. The summed E-state index contributed by atoms with van der Waals surface area (Å²) in [6.07, 6.45) is 0. The van der Waals surface area contributed by atoms with E-state index in [2.05, 4.69) is 0 Å². The Morgan fingerprint density at radius 2 is 1.05 bits per heavy atom. The minimum atomic E-state index is -3.43. The van der Waals surface area contributed by atoms with E-state index in [0.29, 0.717) is 9.79 Å². The van der Waals surface area contributed by atoms with Gasteiger partial charge in [-0.1, -0.05) is 35.4 Å². The van der Waals surface area contributed by atoms with Crippen LogP contribution in [0.1, 0.15) is 22.3 Å². The number of hydrogen-bond donors (Lipinski definition) is 0. The molecule has 0 bridgehead atoms. The molecule has 3 heteroatoms. The Bertz CT molecular complexity index is 671. The molecule has 0 aliphatic carbocycles. The monoisotopic (exact) mass is 274 g/mol. The molecule has 2 aromatic carbocycles. The fourth-order valence-electron chi connectivity index (χ4n) is 2.32. The normalized spacial score (nSPS) is 11.6. The highest BCUT2D eigenvalue weighted by molar-refractivity contribution is 7.91. The second-order valence-corrected chi connectivity index (χ2v) is 6.93. The molecule has 0 atom stereocenters. The minimum absolute atomic E-state index is 0.394. The first-order valence-corrected chi connectivity index (χ1v) is 7.70. The molecule has 100 valence electrons. The van der Waals surface area contributed by atoms with Crippen molar-refractivity contribution in [1.29, 1.82) is 0 Å². The van der Waals surface area contributed by atoms with Gasteiger partial charge in [0.15, 0.2) is 0 Å². The molecular weight excluding hydrogens is 256 g/mol. The van der Waals surface area contributed by atoms with Crippen molar-refractivity contribution in [1.82, 2.24) is 0 Å². The average Bonchev–Trinajstić information content (AvgIpc) is 2.27. The molecule has 2 nitrogen and oxygen atoms in total. The van der Waals surface area contributed by atoms with Gasteiger partial charge in [-0.2, -0.15) is 0 Å². The zero-order valence-electron chi connectivity index (χ0n) is 11.7. The summed E-state index contributed by atoms with van der Waals surface area (Å²) >= 11 is 0. The Kier molecular flexibility index (Phi) is 3.50. The lowest BCUT2D eigenvalue weighted by Gasteiger charge is -2.11. The van der Waals surface area contributed by atoms with Gasteiger partial charge in [0, 0.05) is 0 Å². The maximum Gasteiger partial charge on any atom is 0.207 e. The molecule has 0 radical (unpaired) electrons. The van der Waals surface area contributed by atoms with Crippen LogP contribution in [0.15, 0.2) is 46.2 Å². The molecule has 0 aliphatic heterocycles. The second-order valence-electron chi connectivity index (χ2n) is 5.04. The Morgan fingerprint density at radius 1 is 0.684 bits per heavy atom. The van der Waals surface area contributed by atoms with Crippen LogP contribution in [0.5, 0.6) is 0 Å². The highest BCUT2D eigenvalue weighted by Gasteiger charge is 2.21. The van der Waals surface area contributed by atoms with Gasteiger partial charge in [0.1, 0.15) is 0 Å². The highest BCUT2D eigenvalue weighted by atomic mass is 32.2. The summed E-state index contributed by atoms with van der Waals surface area (Å²) in [5.41, 5.74) is 3.72. The molecule has 0 heterocycles. The molecule has 19 heavy (non-hydrogen) atoms. The first kappa shape index (κ1) is 13.8. The van der Waals surface area contributed by atoms with Crippen LogP contribution in [0.25, 0.3) is 0 Å². The fraction of sp³-hybridized carbons (Fsp3) is 0.250. The zero-order chi connectivity index (χ0) is 14.2. The molecule has 0 saturated heterocycles. The third kappa shape index (κ3) is 2.56. The lowest BCUT2D eigenvalue weighted by Crippen LogP contribution is -2.06. The van der Waals surface area contributed by atoms with Gasteiger partial charge in [0.25, 0.3) is 0 Å². The van der Waals surface area contributed by atoms with Crippen LogP contribution in [-0.2, 0) is 9.84 Å². The molecule has 0 aromatic heterocycles. The summed E-state index contributed by atoms with van der Waals surface area (Å²) in [6.45, 7) is 7.59. The first-order chi connectivity index (χ1) is 8.82. The Morgan fingerprint density at radius 3 is 1.37 bits per heavy atom. The summed E-state index contributed by atoms with van der Waals surface area (Å²) in [7, 11) is -3.43. The van der Waals surface area contributed by atoms with E-state index < -0.39 is 9.84 Å². The zero-order valence-corrected chi connectivity index (χ0v) is 12.5. The van der Waals surface area contributed by atoms with E-state index in [-0.39, 0.29) is 0 Å². The van der Waals surface area contributed by atoms with Crippen molar-refractivity contribution >= 4 is 9.84 Å². The third-order valence-electron chi connectivity index (χ3n) is 3.24. The summed E-state index contributed by atoms with van der Waals surface area (Å²) in [5, 5.41) is 0. The molecule has 0 saturated carbocycles. The van der Waals surface area contributed by atoms with E-state index in [1.54, 1.807) is 12.1 Å². The van der Waals surface area contributed by atoms with Gasteiger partial charge < -0.3 is 0 Å². The smallest absolute Gasteiger partial charge is 0.207 e. The van der Waals surface area contributed by atoms with Crippen LogP contribution in [0.3, 0.4) is 0 Å². The Labute approximate surface area is 115 Å². The predicted octanol–water partition coefficient (Wildman–Crippen LogP) is 3.75. The van der Waals surface area contributed by atoms with Crippen LogP contribution < -0.4 is 0 Å². The molecular formula is C16H18O2S. The van der Waals surface area contributed by atoms with Gasteiger partial charge in [0.05, 0.1) is 9.79 Å². The van der Waals surface area contributed by atoms with E-state index in [4.69, 9.17) is 0 Å². The van der Waals surface area contributed by atoms with Crippen molar-refractivity contribution in [3.05, 3.63) is 58.7 Å². The van der Waals surface area contributed by atoms with Crippen molar-refractivity contribution in [2.45, 2.75) is 37.5 Å². The van der Waals surface area contributed by atoms with Crippen LogP contribution in [0.2, 0.25) is 0 Å². The largest absolute Gasteiger partial charge is 0.218 e. The van der Waals surface area contributed by atoms with Crippen LogP contribution in [0, 0.1) is 27.7 Å². The topological polar surface area (TPSA) is 34.1 Å². The SMILES string of the molecule is Cc1ccc(S(=O)(=O)c2ccc(C)cc2C)c(C)c1. The molecule has 2 aromatic rings. The fourth-order valence-corrected chi connectivity index (χ4v) is 4.02. The van der Waals surface area contributed by atoms with Gasteiger partial charge in [-0.15, -0.1) is 0 Å². The average molecular weight is 274 g/mol. The molecule has 0 spiro atoms. The molecule has 0 N–H and O–H groups in total. The van der Waals surface area contributed by atoms with Crippen LogP contribution >= 0.6 is 0 Å². The molecule has 2 rings (SSSR count). The van der Waals surface area contributed by atoms with E-state index in [0.717, 1.165) is 22.3 Å². The van der Waals surface area contributed by atoms with Gasteiger partial charge >= 0.3 is 0 Å². The molecule has 0 fully saturated rings. The van der Waals surface area contributed by atoms with Crippen LogP contribution in [-0.4, -0.2) is 8.42 Å². The second kappa shape index (κ2) is 4.82. The van der Waals surface area contributed by atoms with Crippen molar-refractivity contribution in [3.8, 4) is 0 Å². The highest BCUT2D eigenvalue weighted by Crippen LogP contribution is 2.27. The summed E-state index contributed by atoms with van der Waals surface area (Å²) in [4.78, 5) is 0.787. The van der Waals surface area contributed by atoms with Crippen molar-refractivity contribution < 1.29 is 8.42 Å². The van der Waals surface area contributed by atoms with E-state index in [1.807, 2.05) is 52.0 Å². The number of rotatable bonds is 2. The molecule has 0 unspecified atom stereocenters. The minimum Gasteiger partial charge on any atom is -0.218 e. The van der Waals surface area contributed by atoms with Crippen molar-refractivity contribution in [2.24, 2.45) is 0 Å². The summed E-state index contributed by atoms with van der Waals surface area (Å²) in [6, 6.07) is 10.9. The van der Waals surface area contributed by atoms with Gasteiger partial charge in [-0.25, -0.2) is 8.42 Å². The lowest BCUT2D eigenvalue weighted by atomic mass is 10.2. The maximum atomic E-state index is 12.7. The van der Waals surface area contributed by atoms with E-state index >= 15 is 0 Å². The van der Waals surface area contributed by atoms with Crippen molar-refractivity contribution in [3.63, 3.8) is 0 Å². The number of hydrogen-bond acceptors (Lipinski definition) is 2.